The van der Waals surface area contributed by atoms with Crippen molar-refractivity contribution >= 4 is 87.5 Å². The van der Waals surface area contributed by atoms with Gasteiger partial charge in [0, 0.05) is 102 Å². The molecular weight excluding hydrogens is 837 g/mol. The molecule has 0 amide bonds. The molecule has 8 heteroatoms. The molecule has 68 heavy (non-hydrogen) atoms. The Labute approximate surface area is 387 Å². The van der Waals surface area contributed by atoms with Crippen LogP contribution in [0.5, 0.6) is 0 Å². The van der Waals surface area contributed by atoms with Gasteiger partial charge in [-0.25, -0.2) is 9.97 Å². The molecule has 0 fully saturated rings. The highest BCUT2D eigenvalue weighted by Crippen LogP contribution is 2.39. The molecular formula is C60H36N6O2. The van der Waals surface area contributed by atoms with Gasteiger partial charge in [0.1, 0.15) is 34.0 Å². The number of hydrogen-bond acceptors (Lipinski definition) is 4. The molecule has 15 aromatic rings. The van der Waals surface area contributed by atoms with Crippen LogP contribution in [-0.4, -0.2) is 28.2 Å². The maximum atomic E-state index is 6.43. The van der Waals surface area contributed by atoms with Crippen molar-refractivity contribution in [1.29, 1.82) is 0 Å². The molecule has 6 heterocycles. The fourth-order valence-corrected chi connectivity index (χ4v) is 10.7. The van der Waals surface area contributed by atoms with Crippen molar-refractivity contribution in [3.63, 3.8) is 0 Å². The van der Waals surface area contributed by atoms with E-state index in [9.17, 15) is 0 Å². The number of aromatic nitrogens is 6. The number of rotatable bonds is 6. The van der Waals surface area contributed by atoms with Gasteiger partial charge in [0.15, 0.2) is 0 Å². The Balaban J connectivity index is 0.793. The molecule has 6 aromatic heterocycles. The average Bonchev–Trinajstić information content (AvgIpc) is 4.27. The normalized spacial score (nSPS) is 12.1. The van der Waals surface area contributed by atoms with Gasteiger partial charge in [0.25, 0.3) is 0 Å². The van der Waals surface area contributed by atoms with Gasteiger partial charge < -0.3 is 18.0 Å². The predicted octanol–water partition coefficient (Wildman–Crippen LogP) is 15.4. The van der Waals surface area contributed by atoms with E-state index < -0.39 is 0 Å². The monoisotopic (exact) mass is 872 g/mol. The number of furan rings is 2. The molecule has 0 aliphatic carbocycles. The Bertz CT molecular complexity index is 4140. The molecule has 0 spiro atoms. The third-order valence-corrected chi connectivity index (χ3v) is 13.8. The van der Waals surface area contributed by atoms with Gasteiger partial charge in [-0.2, -0.15) is 0 Å². The van der Waals surface area contributed by atoms with Crippen LogP contribution in [0.4, 0.5) is 0 Å². The van der Waals surface area contributed by atoms with E-state index in [0.29, 0.717) is 0 Å². The van der Waals surface area contributed by atoms with Gasteiger partial charge in [0.05, 0.1) is 22.1 Å². The maximum Gasteiger partial charge on any atom is 0.144 e. The van der Waals surface area contributed by atoms with Crippen molar-refractivity contribution in [3.8, 4) is 45.5 Å². The number of benzene rings is 9. The molecule has 0 N–H and O–H groups in total. The van der Waals surface area contributed by atoms with Crippen molar-refractivity contribution in [1.82, 2.24) is 28.2 Å². The Morgan fingerprint density at radius 2 is 0.632 bits per heavy atom. The Kier molecular flexibility index (Phi) is 7.62. The van der Waals surface area contributed by atoms with Gasteiger partial charge in [-0.15, -0.1) is 0 Å². The third kappa shape index (κ3) is 5.36. The second-order valence-corrected chi connectivity index (χ2v) is 17.5. The van der Waals surface area contributed by atoms with Crippen LogP contribution in [0.2, 0.25) is 0 Å². The maximum absolute atomic E-state index is 6.43. The van der Waals surface area contributed by atoms with Gasteiger partial charge in [0.2, 0.25) is 0 Å². The fourth-order valence-electron chi connectivity index (χ4n) is 10.7. The summed E-state index contributed by atoms with van der Waals surface area (Å²) in [6.07, 6.45) is 7.76. The molecule has 0 aliphatic rings. The Hall–Kier alpha value is -9.40. The largest absolute Gasteiger partial charge is 0.456 e. The molecule has 0 bridgehead atoms. The summed E-state index contributed by atoms with van der Waals surface area (Å²) in [6, 6.07) is 68.6. The van der Waals surface area contributed by atoms with Crippen LogP contribution < -0.4 is 0 Å². The first-order valence-electron chi connectivity index (χ1n) is 22.8. The van der Waals surface area contributed by atoms with Crippen LogP contribution in [0.3, 0.4) is 0 Å². The Morgan fingerprint density at radius 1 is 0.294 bits per heavy atom. The molecule has 15 rings (SSSR count). The SMILES string of the molecule is c1cc(-c2nccn2-c2ccc3oc4ccc(-n5c6ccccc6c6ccccc65)cc4c3c2)cc(-c2nccn2-c2ccc3oc4ccc(-n5c6ccccc6c6ccccc65)cc4c3c2)c1. The van der Waals surface area contributed by atoms with E-state index in [1.54, 1.807) is 0 Å². The quantitative estimate of drug-likeness (QED) is 0.167. The lowest BCUT2D eigenvalue weighted by molar-refractivity contribution is 0.668. The average molecular weight is 873 g/mol. The second kappa shape index (κ2) is 14.1. The van der Waals surface area contributed by atoms with E-state index in [4.69, 9.17) is 18.8 Å². The molecule has 0 saturated carbocycles. The minimum atomic E-state index is 0.827. The van der Waals surface area contributed by atoms with E-state index in [-0.39, 0.29) is 0 Å². The van der Waals surface area contributed by atoms with E-state index in [2.05, 4.69) is 212 Å². The van der Waals surface area contributed by atoms with Crippen LogP contribution >= 0.6 is 0 Å². The number of fused-ring (bicyclic) bond motifs is 12. The lowest BCUT2D eigenvalue weighted by Gasteiger charge is -2.11. The lowest BCUT2D eigenvalue weighted by Crippen LogP contribution is -1.98. The van der Waals surface area contributed by atoms with Gasteiger partial charge in [-0.1, -0.05) is 91.0 Å². The summed E-state index contributed by atoms with van der Waals surface area (Å²) >= 11 is 0. The van der Waals surface area contributed by atoms with Crippen LogP contribution in [-0.2, 0) is 0 Å². The van der Waals surface area contributed by atoms with E-state index in [1.165, 1.54) is 43.6 Å². The minimum absolute atomic E-state index is 0.827. The number of imidazole rings is 2. The standard InChI is InChI=1S/C60H36N6O2/c1-5-16-51-43(12-1)44-13-2-6-17-52(44)65(51)41-22-26-57-49(35-41)47-33-39(20-24-55(47)67-57)63-30-28-61-59(63)37-10-9-11-38(32-37)60-62-29-31-64(60)40-21-25-56-48(34-40)50-36-42(23-27-58(50)68-56)66-53-18-7-3-14-45(53)46-15-4-8-19-54(46)66/h1-36H. The smallest absolute Gasteiger partial charge is 0.144 e. The van der Waals surface area contributed by atoms with Gasteiger partial charge in [-0.3, -0.25) is 9.13 Å². The zero-order valence-electron chi connectivity index (χ0n) is 36.3. The van der Waals surface area contributed by atoms with Crippen molar-refractivity contribution < 1.29 is 8.83 Å². The van der Waals surface area contributed by atoms with Crippen molar-refractivity contribution in [2.24, 2.45) is 0 Å². The second-order valence-electron chi connectivity index (χ2n) is 17.5. The van der Waals surface area contributed by atoms with E-state index >= 15 is 0 Å². The highest BCUT2D eigenvalue weighted by molar-refractivity contribution is 6.12. The molecule has 9 aromatic carbocycles. The minimum Gasteiger partial charge on any atom is -0.456 e. The highest BCUT2D eigenvalue weighted by atomic mass is 16.3. The van der Waals surface area contributed by atoms with Crippen LogP contribution in [0.15, 0.2) is 228 Å². The van der Waals surface area contributed by atoms with E-state index in [1.807, 2.05) is 24.8 Å². The summed E-state index contributed by atoms with van der Waals surface area (Å²) in [5.41, 5.74) is 14.2. The fraction of sp³-hybridized carbons (Fsp3) is 0. The summed E-state index contributed by atoms with van der Waals surface area (Å²) in [4.78, 5) is 9.83. The summed E-state index contributed by atoms with van der Waals surface area (Å²) in [6.45, 7) is 0. The summed E-state index contributed by atoms with van der Waals surface area (Å²) in [5, 5.41) is 9.14. The van der Waals surface area contributed by atoms with Crippen molar-refractivity contribution in [3.05, 3.63) is 219 Å². The summed E-state index contributed by atoms with van der Waals surface area (Å²) < 4.78 is 21.8. The van der Waals surface area contributed by atoms with Crippen molar-refractivity contribution in [2.75, 3.05) is 0 Å². The zero-order chi connectivity index (χ0) is 44.5. The molecule has 0 radical (unpaired) electrons. The summed E-state index contributed by atoms with van der Waals surface area (Å²) in [7, 11) is 0. The molecule has 0 unspecified atom stereocenters. The van der Waals surface area contributed by atoms with Gasteiger partial charge >= 0.3 is 0 Å². The van der Waals surface area contributed by atoms with Crippen LogP contribution in [0.1, 0.15) is 0 Å². The Morgan fingerprint density at radius 3 is 1.01 bits per heavy atom. The first-order chi connectivity index (χ1) is 33.7. The third-order valence-electron chi connectivity index (χ3n) is 13.8. The molecule has 0 aliphatic heterocycles. The molecule has 8 nitrogen and oxygen atoms in total. The molecule has 0 saturated heterocycles. The highest BCUT2D eigenvalue weighted by Gasteiger charge is 2.19. The lowest BCUT2D eigenvalue weighted by atomic mass is 10.1. The van der Waals surface area contributed by atoms with E-state index in [0.717, 1.165) is 89.4 Å². The van der Waals surface area contributed by atoms with Gasteiger partial charge in [-0.05, 0) is 103 Å². The number of hydrogen-bond donors (Lipinski definition) is 0. The predicted molar refractivity (Wildman–Crippen MR) is 275 cm³/mol. The summed E-state index contributed by atoms with van der Waals surface area (Å²) in [5.74, 6) is 1.65. The van der Waals surface area contributed by atoms with Crippen LogP contribution in [0, 0.1) is 0 Å². The number of nitrogens with zero attached hydrogens (tertiary/aromatic N) is 6. The molecule has 0 atom stereocenters. The topological polar surface area (TPSA) is 71.8 Å². The molecule has 318 valence electrons. The number of para-hydroxylation sites is 4. The zero-order valence-corrected chi connectivity index (χ0v) is 36.3. The first kappa shape index (κ1) is 36.9. The van der Waals surface area contributed by atoms with Crippen LogP contribution in [0.25, 0.3) is 133 Å². The van der Waals surface area contributed by atoms with Crippen molar-refractivity contribution in [2.45, 2.75) is 0 Å². The first-order valence-corrected chi connectivity index (χ1v) is 22.8.